The summed E-state index contributed by atoms with van der Waals surface area (Å²) in [5.74, 6) is 0.278. The molecule has 0 aromatic heterocycles. The Morgan fingerprint density at radius 2 is 2.29 bits per heavy atom. The Kier molecular flexibility index (Phi) is 5.80. The van der Waals surface area contributed by atoms with E-state index in [1.54, 1.807) is 18.9 Å². The van der Waals surface area contributed by atoms with Gasteiger partial charge in [0.2, 0.25) is 5.91 Å². The van der Waals surface area contributed by atoms with Crippen molar-refractivity contribution < 1.29 is 9.53 Å². The first-order chi connectivity index (χ1) is 8.11. The molecule has 0 saturated carbocycles. The van der Waals surface area contributed by atoms with Gasteiger partial charge in [0.15, 0.2) is 0 Å². The summed E-state index contributed by atoms with van der Waals surface area (Å²) in [6, 6.07) is 0. The van der Waals surface area contributed by atoms with E-state index in [2.05, 4.69) is 11.8 Å². The smallest absolute Gasteiger partial charge is 0.235 e. The zero-order valence-electron chi connectivity index (χ0n) is 11.5. The first kappa shape index (κ1) is 14.8. The van der Waals surface area contributed by atoms with Crippen LogP contribution in [0.3, 0.4) is 0 Å². The number of thioether (sulfide) groups is 1. The van der Waals surface area contributed by atoms with Crippen LogP contribution in [0.2, 0.25) is 0 Å². The van der Waals surface area contributed by atoms with Gasteiger partial charge in [-0.3, -0.25) is 4.79 Å². The number of hydrogen-bond acceptors (Lipinski definition) is 3. The molecule has 1 rings (SSSR count). The van der Waals surface area contributed by atoms with Gasteiger partial charge in [-0.05, 0) is 32.4 Å². The van der Waals surface area contributed by atoms with Crippen LogP contribution < -0.4 is 0 Å². The maximum absolute atomic E-state index is 12.4. The van der Waals surface area contributed by atoms with E-state index < -0.39 is 0 Å². The van der Waals surface area contributed by atoms with E-state index in [0.29, 0.717) is 6.61 Å². The van der Waals surface area contributed by atoms with Gasteiger partial charge in [0.1, 0.15) is 0 Å². The highest BCUT2D eigenvalue weighted by Crippen LogP contribution is 2.35. The summed E-state index contributed by atoms with van der Waals surface area (Å²) in [5.41, 5.74) is -0.0371. The third-order valence-corrected chi connectivity index (χ3v) is 4.60. The van der Waals surface area contributed by atoms with Crippen molar-refractivity contribution in [3.05, 3.63) is 0 Å². The largest absolute Gasteiger partial charge is 0.382 e. The number of methoxy groups -OCH3 is 1. The molecule has 2 atom stereocenters. The normalized spacial score (nSPS) is 26.2. The van der Waals surface area contributed by atoms with Crippen LogP contribution in [0.15, 0.2) is 0 Å². The Labute approximate surface area is 109 Å². The fourth-order valence-corrected chi connectivity index (χ4v) is 3.15. The average Bonchev–Trinajstić information content (AvgIpc) is 2.72. The summed E-state index contributed by atoms with van der Waals surface area (Å²) >= 11 is 1.62. The molecule has 100 valence electrons. The van der Waals surface area contributed by atoms with Crippen molar-refractivity contribution in [2.75, 3.05) is 26.5 Å². The minimum atomic E-state index is -0.0371. The number of rotatable bonds is 6. The van der Waals surface area contributed by atoms with Gasteiger partial charge in [0.05, 0.1) is 17.4 Å². The standard InChI is InChI=1S/C13H25NO2S/c1-5-7-13(10-16-3)8-6-9-14(13)12(15)11(2)17-4/h11H,5-10H2,1-4H3/t11-,13+/m1/s1. The number of likely N-dealkylation sites (tertiary alicyclic amines) is 1. The third kappa shape index (κ3) is 3.16. The maximum Gasteiger partial charge on any atom is 0.235 e. The van der Waals surface area contributed by atoms with Crippen molar-refractivity contribution in [3.63, 3.8) is 0 Å². The number of carbonyl (C=O) groups excluding carboxylic acids is 1. The van der Waals surface area contributed by atoms with Crippen molar-refractivity contribution in [1.82, 2.24) is 4.90 Å². The van der Waals surface area contributed by atoms with Crippen molar-refractivity contribution in [3.8, 4) is 0 Å². The lowest BCUT2D eigenvalue weighted by Gasteiger charge is -2.39. The van der Waals surface area contributed by atoms with Crippen LogP contribution in [0.5, 0.6) is 0 Å². The summed E-state index contributed by atoms with van der Waals surface area (Å²) in [6.07, 6.45) is 6.34. The molecule has 0 N–H and O–H groups in total. The summed E-state index contributed by atoms with van der Waals surface area (Å²) in [4.78, 5) is 14.5. The van der Waals surface area contributed by atoms with Gasteiger partial charge >= 0.3 is 0 Å². The van der Waals surface area contributed by atoms with Gasteiger partial charge in [0, 0.05) is 13.7 Å². The minimum absolute atomic E-state index is 0.0371. The molecule has 3 nitrogen and oxygen atoms in total. The number of carbonyl (C=O) groups is 1. The molecule has 17 heavy (non-hydrogen) atoms. The van der Waals surface area contributed by atoms with Crippen molar-refractivity contribution in [2.45, 2.75) is 50.3 Å². The predicted molar refractivity (Wildman–Crippen MR) is 73.4 cm³/mol. The van der Waals surface area contributed by atoms with Gasteiger partial charge in [-0.2, -0.15) is 11.8 Å². The van der Waals surface area contributed by atoms with E-state index in [9.17, 15) is 4.79 Å². The Morgan fingerprint density at radius 3 is 2.82 bits per heavy atom. The highest BCUT2D eigenvalue weighted by molar-refractivity contribution is 7.99. The molecule has 1 heterocycles. The fourth-order valence-electron chi connectivity index (χ4n) is 2.82. The molecule has 0 spiro atoms. The molecule has 1 fully saturated rings. The predicted octanol–water partition coefficient (Wildman–Crippen LogP) is 2.55. The number of ether oxygens (including phenoxy) is 1. The molecule has 1 saturated heterocycles. The second-order valence-corrected chi connectivity index (χ2v) is 6.06. The Morgan fingerprint density at radius 1 is 1.59 bits per heavy atom. The molecule has 0 radical (unpaired) electrons. The molecular weight excluding hydrogens is 234 g/mol. The van der Waals surface area contributed by atoms with Gasteiger partial charge in [0.25, 0.3) is 0 Å². The molecule has 0 bridgehead atoms. The summed E-state index contributed by atoms with van der Waals surface area (Å²) in [7, 11) is 1.73. The van der Waals surface area contributed by atoms with Gasteiger partial charge in [-0.25, -0.2) is 0 Å². The molecule has 1 aliphatic heterocycles. The lowest BCUT2D eigenvalue weighted by atomic mass is 9.91. The average molecular weight is 259 g/mol. The van der Waals surface area contributed by atoms with E-state index in [1.165, 1.54) is 0 Å². The quantitative estimate of drug-likeness (QED) is 0.734. The van der Waals surface area contributed by atoms with Gasteiger partial charge in [-0.1, -0.05) is 13.3 Å². The highest BCUT2D eigenvalue weighted by Gasteiger charge is 2.43. The summed E-state index contributed by atoms with van der Waals surface area (Å²) in [6.45, 7) is 5.74. The molecule has 4 heteroatoms. The Balaban J connectivity index is 2.83. The van der Waals surface area contributed by atoms with Crippen molar-refractivity contribution >= 4 is 17.7 Å². The minimum Gasteiger partial charge on any atom is -0.382 e. The summed E-state index contributed by atoms with van der Waals surface area (Å²) in [5, 5.41) is 0.0567. The Hall–Kier alpha value is -0.220. The first-order valence-electron chi connectivity index (χ1n) is 6.44. The van der Waals surface area contributed by atoms with E-state index >= 15 is 0 Å². The van der Waals surface area contributed by atoms with E-state index in [4.69, 9.17) is 4.74 Å². The van der Waals surface area contributed by atoms with Crippen LogP contribution in [0.25, 0.3) is 0 Å². The van der Waals surface area contributed by atoms with Crippen LogP contribution >= 0.6 is 11.8 Å². The Bertz CT molecular complexity index is 252. The number of amides is 1. The zero-order valence-corrected chi connectivity index (χ0v) is 12.3. The summed E-state index contributed by atoms with van der Waals surface area (Å²) < 4.78 is 5.37. The van der Waals surface area contributed by atoms with Crippen LogP contribution in [0.4, 0.5) is 0 Å². The van der Waals surface area contributed by atoms with Crippen LogP contribution in [-0.2, 0) is 9.53 Å². The molecule has 0 aromatic carbocycles. The zero-order chi connectivity index (χ0) is 12.9. The van der Waals surface area contributed by atoms with E-state index in [0.717, 1.165) is 32.2 Å². The van der Waals surface area contributed by atoms with Crippen LogP contribution in [-0.4, -0.2) is 48.1 Å². The lowest BCUT2D eigenvalue weighted by molar-refractivity contribution is -0.136. The first-order valence-corrected chi connectivity index (χ1v) is 7.73. The molecular formula is C13H25NO2S. The maximum atomic E-state index is 12.4. The molecule has 0 aliphatic carbocycles. The fraction of sp³-hybridized carbons (Fsp3) is 0.923. The monoisotopic (exact) mass is 259 g/mol. The third-order valence-electron chi connectivity index (χ3n) is 3.69. The molecule has 1 amide bonds. The lowest BCUT2D eigenvalue weighted by Crippen LogP contribution is -2.52. The molecule has 0 aromatic rings. The second kappa shape index (κ2) is 6.64. The van der Waals surface area contributed by atoms with Gasteiger partial charge in [-0.15, -0.1) is 0 Å². The number of hydrogen-bond donors (Lipinski definition) is 0. The van der Waals surface area contributed by atoms with Crippen LogP contribution in [0.1, 0.15) is 39.5 Å². The highest BCUT2D eigenvalue weighted by atomic mass is 32.2. The van der Waals surface area contributed by atoms with Crippen molar-refractivity contribution in [2.24, 2.45) is 0 Å². The topological polar surface area (TPSA) is 29.5 Å². The second-order valence-electron chi connectivity index (χ2n) is 4.88. The van der Waals surface area contributed by atoms with Crippen molar-refractivity contribution in [1.29, 1.82) is 0 Å². The van der Waals surface area contributed by atoms with E-state index in [1.807, 2.05) is 13.2 Å². The SMILES string of the molecule is CCC[C@@]1(COC)CCCN1C(=O)[C@@H](C)SC. The molecule has 1 aliphatic rings. The number of nitrogens with zero attached hydrogens (tertiary/aromatic N) is 1. The van der Waals surface area contributed by atoms with Crippen LogP contribution in [0, 0.1) is 0 Å². The van der Waals surface area contributed by atoms with Gasteiger partial charge < -0.3 is 9.64 Å². The molecule has 0 unspecified atom stereocenters. The van der Waals surface area contributed by atoms with E-state index in [-0.39, 0.29) is 16.7 Å².